The molecule has 0 saturated heterocycles. The minimum absolute atomic E-state index is 0.102. The smallest absolute Gasteiger partial charge is 0.277 e. The molecule has 0 spiro atoms. The molecule has 0 unspecified atom stereocenters. The van der Waals surface area contributed by atoms with Gasteiger partial charge in [0, 0.05) is 19.0 Å². The van der Waals surface area contributed by atoms with Crippen LogP contribution >= 0.6 is 0 Å². The fraction of sp³-hybridized carbons (Fsp3) is 0.130. The summed E-state index contributed by atoms with van der Waals surface area (Å²) in [4.78, 5) is 27.0. The number of carbonyl (C=O) groups is 1. The highest BCUT2D eigenvalue weighted by Crippen LogP contribution is 2.30. The second-order valence-electron chi connectivity index (χ2n) is 6.72. The van der Waals surface area contributed by atoms with Gasteiger partial charge in [-0.25, -0.2) is 4.68 Å². The van der Waals surface area contributed by atoms with Crippen LogP contribution in [-0.2, 0) is 11.3 Å². The van der Waals surface area contributed by atoms with Crippen molar-refractivity contribution in [1.29, 1.82) is 0 Å². The Morgan fingerprint density at radius 1 is 0.931 bits per heavy atom. The summed E-state index contributed by atoms with van der Waals surface area (Å²) < 4.78 is 1.25. The van der Waals surface area contributed by atoms with Gasteiger partial charge < -0.3 is 4.90 Å². The van der Waals surface area contributed by atoms with Gasteiger partial charge in [-0.3, -0.25) is 9.59 Å². The van der Waals surface area contributed by atoms with Crippen LogP contribution in [-0.4, -0.2) is 27.9 Å². The highest BCUT2D eigenvalue weighted by atomic mass is 16.2. The van der Waals surface area contributed by atoms with Crippen LogP contribution in [0, 0.1) is 0 Å². The first kappa shape index (κ1) is 18.6. The van der Waals surface area contributed by atoms with E-state index >= 15 is 0 Å². The Labute approximate surface area is 168 Å². The first-order valence-electron chi connectivity index (χ1n) is 9.39. The summed E-state index contributed by atoms with van der Waals surface area (Å²) in [6, 6.07) is 24.8. The second-order valence-corrected chi connectivity index (χ2v) is 6.72. The van der Waals surface area contributed by atoms with Crippen molar-refractivity contribution in [2.24, 2.45) is 0 Å². The quantitative estimate of drug-likeness (QED) is 0.528. The maximum Gasteiger partial charge on any atom is 0.277 e. The van der Waals surface area contributed by atoms with Gasteiger partial charge in [0.1, 0.15) is 5.52 Å². The standard InChI is InChI=1S/C23H20N4O2/c1-26(21-14-8-6-11-18(21)17-9-3-2-4-10-17)22(28)15-16-27-23(29)19-12-5-7-13-20(19)24-25-27/h2-14H,15-16H2,1H3. The van der Waals surface area contributed by atoms with E-state index in [9.17, 15) is 9.59 Å². The molecule has 0 N–H and O–H groups in total. The average molecular weight is 384 g/mol. The maximum atomic E-state index is 12.8. The largest absolute Gasteiger partial charge is 0.315 e. The van der Waals surface area contributed by atoms with Crippen LogP contribution in [0.4, 0.5) is 5.69 Å². The summed E-state index contributed by atoms with van der Waals surface area (Å²) in [6.07, 6.45) is 0.145. The summed E-state index contributed by atoms with van der Waals surface area (Å²) in [6.45, 7) is 0.174. The number of carbonyl (C=O) groups excluding carboxylic acids is 1. The zero-order valence-electron chi connectivity index (χ0n) is 16.0. The maximum absolute atomic E-state index is 12.8. The Balaban J connectivity index is 1.55. The van der Waals surface area contributed by atoms with Crippen LogP contribution in [0.2, 0.25) is 0 Å². The van der Waals surface area contributed by atoms with Gasteiger partial charge >= 0.3 is 0 Å². The van der Waals surface area contributed by atoms with Gasteiger partial charge in [0.15, 0.2) is 0 Å². The van der Waals surface area contributed by atoms with E-state index < -0.39 is 0 Å². The molecule has 0 atom stereocenters. The number of fused-ring (bicyclic) bond motifs is 1. The van der Waals surface area contributed by atoms with Crippen LogP contribution in [0.3, 0.4) is 0 Å². The van der Waals surface area contributed by atoms with Crippen molar-refractivity contribution in [2.45, 2.75) is 13.0 Å². The Hall–Kier alpha value is -3.80. The second kappa shape index (κ2) is 8.06. The minimum atomic E-state index is -0.240. The van der Waals surface area contributed by atoms with Crippen LogP contribution in [0.1, 0.15) is 6.42 Å². The van der Waals surface area contributed by atoms with Crippen molar-refractivity contribution in [3.63, 3.8) is 0 Å². The van der Waals surface area contributed by atoms with Gasteiger partial charge in [-0.05, 0) is 23.8 Å². The number of benzene rings is 3. The van der Waals surface area contributed by atoms with Crippen molar-refractivity contribution in [2.75, 3.05) is 11.9 Å². The molecule has 0 aliphatic carbocycles. The SMILES string of the molecule is CN(C(=O)CCn1nnc2ccccc2c1=O)c1ccccc1-c1ccccc1. The van der Waals surface area contributed by atoms with Gasteiger partial charge in [-0.1, -0.05) is 65.9 Å². The Morgan fingerprint density at radius 3 is 2.45 bits per heavy atom. The average Bonchev–Trinajstić information content (AvgIpc) is 2.78. The van der Waals surface area contributed by atoms with E-state index in [4.69, 9.17) is 0 Å². The molecular formula is C23H20N4O2. The molecule has 0 radical (unpaired) electrons. The van der Waals surface area contributed by atoms with Crippen molar-refractivity contribution in [3.8, 4) is 11.1 Å². The van der Waals surface area contributed by atoms with E-state index in [1.165, 1.54) is 4.68 Å². The molecule has 0 aliphatic rings. The van der Waals surface area contributed by atoms with Crippen molar-refractivity contribution in [3.05, 3.63) is 89.2 Å². The van der Waals surface area contributed by atoms with Gasteiger partial charge in [0.25, 0.3) is 5.56 Å². The predicted octanol–water partition coefficient (Wildman–Crippen LogP) is 3.51. The van der Waals surface area contributed by atoms with Crippen LogP contribution in [0.25, 0.3) is 22.0 Å². The highest BCUT2D eigenvalue weighted by Gasteiger charge is 2.16. The topological polar surface area (TPSA) is 68.1 Å². The van der Waals surface area contributed by atoms with Gasteiger partial charge in [0.05, 0.1) is 17.6 Å². The van der Waals surface area contributed by atoms with E-state index in [1.54, 1.807) is 30.1 Å². The van der Waals surface area contributed by atoms with E-state index in [-0.39, 0.29) is 24.4 Å². The Kier molecular flexibility index (Phi) is 5.16. The zero-order valence-corrected chi connectivity index (χ0v) is 16.0. The first-order chi connectivity index (χ1) is 14.1. The van der Waals surface area contributed by atoms with Crippen LogP contribution in [0.5, 0.6) is 0 Å². The third-order valence-corrected chi connectivity index (χ3v) is 4.89. The highest BCUT2D eigenvalue weighted by molar-refractivity contribution is 5.97. The molecule has 1 amide bonds. The summed E-state index contributed by atoms with van der Waals surface area (Å²) in [5.74, 6) is -0.102. The lowest BCUT2D eigenvalue weighted by atomic mass is 10.0. The monoisotopic (exact) mass is 384 g/mol. The van der Waals surface area contributed by atoms with Crippen LogP contribution in [0.15, 0.2) is 83.7 Å². The lowest BCUT2D eigenvalue weighted by Crippen LogP contribution is -2.31. The Bertz CT molecular complexity index is 1220. The first-order valence-corrected chi connectivity index (χ1v) is 9.39. The normalized spacial score (nSPS) is 10.8. The van der Waals surface area contributed by atoms with Gasteiger partial charge in [-0.2, -0.15) is 0 Å². The molecule has 1 aromatic heterocycles. The number of aryl methyl sites for hydroxylation is 1. The molecular weight excluding hydrogens is 364 g/mol. The molecule has 29 heavy (non-hydrogen) atoms. The summed E-state index contributed by atoms with van der Waals surface area (Å²) in [5, 5.41) is 8.52. The zero-order chi connectivity index (χ0) is 20.2. The lowest BCUT2D eigenvalue weighted by molar-refractivity contribution is -0.118. The molecule has 6 heteroatoms. The minimum Gasteiger partial charge on any atom is -0.315 e. The molecule has 1 heterocycles. The molecule has 0 saturated carbocycles. The van der Waals surface area contributed by atoms with Crippen molar-refractivity contribution >= 4 is 22.5 Å². The third-order valence-electron chi connectivity index (χ3n) is 4.89. The van der Waals surface area contributed by atoms with E-state index in [0.717, 1.165) is 16.8 Å². The van der Waals surface area contributed by atoms with Gasteiger partial charge in [-0.15, -0.1) is 5.10 Å². The third kappa shape index (κ3) is 3.78. The lowest BCUT2D eigenvalue weighted by Gasteiger charge is -2.21. The summed E-state index contributed by atoms with van der Waals surface area (Å²) in [5.41, 5.74) is 3.15. The summed E-state index contributed by atoms with van der Waals surface area (Å²) in [7, 11) is 1.75. The fourth-order valence-corrected chi connectivity index (χ4v) is 3.30. The molecule has 144 valence electrons. The molecule has 0 fully saturated rings. The van der Waals surface area contributed by atoms with Crippen molar-refractivity contribution < 1.29 is 4.79 Å². The number of aromatic nitrogens is 3. The number of rotatable bonds is 5. The number of amides is 1. The predicted molar refractivity (Wildman–Crippen MR) is 114 cm³/mol. The number of nitrogens with zero attached hydrogens (tertiary/aromatic N) is 4. The van der Waals surface area contributed by atoms with Gasteiger partial charge in [0.2, 0.25) is 5.91 Å². The van der Waals surface area contributed by atoms with E-state index in [0.29, 0.717) is 10.9 Å². The summed E-state index contributed by atoms with van der Waals surface area (Å²) >= 11 is 0. The van der Waals surface area contributed by atoms with Crippen LogP contribution < -0.4 is 10.5 Å². The molecule has 4 aromatic rings. The van der Waals surface area contributed by atoms with E-state index in [2.05, 4.69) is 10.3 Å². The molecule has 3 aromatic carbocycles. The molecule has 4 rings (SSSR count). The number of hydrogen-bond acceptors (Lipinski definition) is 4. The number of anilines is 1. The molecule has 0 aliphatic heterocycles. The number of para-hydroxylation sites is 1. The fourth-order valence-electron chi connectivity index (χ4n) is 3.30. The van der Waals surface area contributed by atoms with E-state index in [1.807, 2.05) is 60.7 Å². The number of hydrogen-bond donors (Lipinski definition) is 0. The molecule has 6 nitrogen and oxygen atoms in total. The molecule has 0 bridgehead atoms. The van der Waals surface area contributed by atoms with Crippen molar-refractivity contribution in [1.82, 2.24) is 15.0 Å². The Morgan fingerprint density at radius 2 is 1.62 bits per heavy atom.